The van der Waals surface area contributed by atoms with Crippen LogP contribution in [0.4, 0.5) is 4.79 Å². The van der Waals surface area contributed by atoms with Gasteiger partial charge in [0, 0.05) is 25.7 Å². The second kappa shape index (κ2) is 12.0. The number of amides is 1. The maximum atomic E-state index is 12.8. The van der Waals surface area contributed by atoms with E-state index >= 15 is 0 Å². The number of hydrogen-bond acceptors (Lipinski definition) is 9. The Bertz CT molecular complexity index is 1260. The lowest BCUT2D eigenvalue weighted by Crippen LogP contribution is -2.47. The Kier molecular flexibility index (Phi) is 8.67. The quantitative estimate of drug-likeness (QED) is 0.369. The molecular weight excluding hydrogens is 536 g/mol. The molecule has 1 saturated carbocycles. The van der Waals surface area contributed by atoms with Gasteiger partial charge in [0.05, 0.1) is 28.5 Å². The molecule has 2 saturated heterocycles. The number of sulfone groups is 1. The van der Waals surface area contributed by atoms with Gasteiger partial charge in [0.1, 0.15) is 25.1 Å². The Hall–Kier alpha value is -2.70. The number of benzene rings is 2. The van der Waals surface area contributed by atoms with Crippen LogP contribution in [0.5, 0.6) is 5.75 Å². The SMILES string of the molecule is O=C(OCc1ccccc1)N1CCC2(CC1)C[C@H](NC[C@H](O)COc1cccc(S(=O)(=O)C3(CO)CC3)c1)CO2. The Morgan fingerprint density at radius 2 is 1.85 bits per heavy atom. The highest BCUT2D eigenvalue weighted by Gasteiger charge is 2.54. The van der Waals surface area contributed by atoms with Crippen LogP contribution in [0.1, 0.15) is 37.7 Å². The van der Waals surface area contributed by atoms with E-state index in [1.165, 1.54) is 12.1 Å². The van der Waals surface area contributed by atoms with Crippen molar-refractivity contribution in [3.05, 3.63) is 60.2 Å². The number of nitrogens with one attached hydrogen (secondary N) is 1. The maximum Gasteiger partial charge on any atom is 0.410 e. The first kappa shape index (κ1) is 28.8. The summed E-state index contributed by atoms with van der Waals surface area (Å²) < 4.78 is 41.9. The Balaban J connectivity index is 1.02. The highest BCUT2D eigenvalue weighted by Crippen LogP contribution is 2.46. The molecule has 1 spiro atoms. The lowest BCUT2D eigenvalue weighted by Gasteiger charge is -2.38. The Morgan fingerprint density at radius 1 is 1.10 bits per heavy atom. The summed E-state index contributed by atoms with van der Waals surface area (Å²) in [7, 11) is -3.64. The van der Waals surface area contributed by atoms with Crippen molar-refractivity contribution in [2.75, 3.05) is 39.5 Å². The van der Waals surface area contributed by atoms with Crippen molar-refractivity contribution >= 4 is 15.9 Å². The molecule has 218 valence electrons. The number of likely N-dealkylation sites (tertiary alicyclic amines) is 1. The molecule has 2 atom stereocenters. The summed E-state index contributed by atoms with van der Waals surface area (Å²) in [5.74, 6) is 0.353. The molecule has 11 heteroatoms. The molecule has 2 aromatic rings. The number of carbonyl (C=O) groups excluding carboxylic acids is 1. The molecule has 0 bridgehead atoms. The van der Waals surface area contributed by atoms with Crippen LogP contribution in [-0.2, 0) is 25.9 Å². The molecule has 2 aromatic carbocycles. The zero-order chi connectivity index (χ0) is 28.2. The van der Waals surface area contributed by atoms with E-state index in [1.54, 1.807) is 17.0 Å². The van der Waals surface area contributed by atoms with Crippen LogP contribution >= 0.6 is 0 Å². The summed E-state index contributed by atoms with van der Waals surface area (Å²) in [4.78, 5) is 14.3. The smallest absolute Gasteiger partial charge is 0.410 e. The van der Waals surface area contributed by atoms with E-state index in [-0.39, 0.29) is 35.8 Å². The second-order valence-corrected chi connectivity index (χ2v) is 13.5. The molecule has 3 N–H and O–H groups in total. The van der Waals surface area contributed by atoms with Crippen LogP contribution < -0.4 is 10.1 Å². The predicted molar refractivity (Wildman–Crippen MR) is 147 cm³/mol. The molecule has 1 aliphatic carbocycles. The number of piperidine rings is 1. The first-order valence-electron chi connectivity index (χ1n) is 13.8. The van der Waals surface area contributed by atoms with Crippen LogP contribution in [0.25, 0.3) is 0 Å². The van der Waals surface area contributed by atoms with E-state index in [1.807, 2.05) is 30.3 Å². The van der Waals surface area contributed by atoms with Crippen molar-refractivity contribution in [3.63, 3.8) is 0 Å². The molecule has 1 amide bonds. The van der Waals surface area contributed by atoms with Gasteiger partial charge in [-0.2, -0.15) is 0 Å². The lowest BCUT2D eigenvalue weighted by atomic mass is 9.87. The van der Waals surface area contributed by atoms with Crippen LogP contribution in [-0.4, -0.2) is 91.6 Å². The number of aliphatic hydroxyl groups is 2. The fraction of sp³-hybridized carbons (Fsp3) is 0.552. The van der Waals surface area contributed by atoms with Crippen LogP contribution in [0.2, 0.25) is 0 Å². The van der Waals surface area contributed by atoms with E-state index < -0.39 is 27.3 Å². The zero-order valence-electron chi connectivity index (χ0n) is 22.5. The van der Waals surface area contributed by atoms with E-state index in [2.05, 4.69) is 5.32 Å². The molecule has 0 unspecified atom stereocenters. The molecule has 0 radical (unpaired) electrons. The highest BCUT2D eigenvalue weighted by molar-refractivity contribution is 7.93. The van der Waals surface area contributed by atoms with Crippen molar-refractivity contribution in [1.29, 1.82) is 0 Å². The molecule has 3 fully saturated rings. The van der Waals surface area contributed by atoms with Gasteiger partial charge in [0.2, 0.25) is 0 Å². The Morgan fingerprint density at radius 3 is 2.55 bits per heavy atom. The minimum absolute atomic E-state index is 0.000413. The highest BCUT2D eigenvalue weighted by atomic mass is 32.2. The third-order valence-corrected chi connectivity index (χ3v) is 10.8. The first-order chi connectivity index (χ1) is 19.2. The minimum Gasteiger partial charge on any atom is -0.491 e. The number of aliphatic hydroxyl groups excluding tert-OH is 2. The number of nitrogens with zero attached hydrogens (tertiary/aromatic N) is 1. The standard InChI is InChI=1S/C29H38N2O8S/c32-21-29(9-10-29)40(35,36)26-8-4-7-25(15-26)37-20-24(33)17-30-23-16-28(39-19-23)11-13-31(14-12-28)27(34)38-18-22-5-2-1-3-6-22/h1-8,15,23-24,30,32-33H,9-14,16-21H2/t23-,24-/m0/s1. The molecular formula is C29H38N2O8S. The summed E-state index contributed by atoms with van der Waals surface area (Å²) in [6.07, 6.45) is 2.05. The van der Waals surface area contributed by atoms with Gasteiger partial charge in [-0.05, 0) is 55.9 Å². The van der Waals surface area contributed by atoms with E-state index in [0.717, 1.165) is 24.8 Å². The van der Waals surface area contributed by atoms with Gasteiger partial charge in [0.15, 0.2) is 9.84 Å². The third kappa shape index (κ3) is 6.44. The van der Waals surface area contributed by atoms with Crippen LogP contribution in [0.15, 0.2) is 59.5 Å². The van der Waals surface area contributed by atoms with Crippen molar-refractivity contribution in [2.45, 2.75) is 66.1 Å². The van der Waals surface area contributed by atoms with Crippen molar-refractivity contribution < 1.29 is 37.6 Å². The average molecular weight is 575 g/mol. The summed E-state index contributed by atoms with van der Waals surface area (Å²) in [5.41, 5.74) is 0.672. The normalized spacial score (nSPS) is 22.1. The van der Waals surface area contributed by atoms with Crippen LogP contribution in [0, 0.1) is 0 Å². The fourth-order valence-corrected chi connectivity index (χ4v) is 7.26. The van der Waals surface area contributed by atoms with E-state index in [0.29, 0.717) is 44.8 Å². The van der Waals surface area contributed by atoms with Crippen molar-refractivity contribution in [1.82, 2.24) is 10.2 Å². The summed E-state index contributed by atoms with van der Waals surface area (Å²) in [6, 6.07) is 15.9. The number of rotatable bonds is 11. The number of ether oxygens (including phenoxy) is 3. The summed E-state index contributed by atoms with van der Waals surface area (Å²) >= 11 is 0. The summed E-state index contributed by atoms with van der Waals surface area (Å²) in [5, 5.41) is 23.4. The zero-order valence-corrected chi connectivity index (χ0v) is 23.4. The topological polar surface area (TPSA) is 135 Å². The monoisotopic (exact) mass is 574 g/mol. The van der Waals surface area contributed by atoms with Gasteiger partial charge in [-0.1, -0.05) is 36.4 Å². The molecule has 3 aliphatic rings. The maximum absolute atomic E-state index is 12.8. The second-order valence-electron chi connectivity index (χ2n) is 11.1. The largest absolute Gasteiger partial charge is 0.491 e. The fourth-order valence-electron chi connectivity index (χ4n) is 5.42. The predicted octanol–water partition coefficient (Wildman–Crippen LogP) is 2.27. The van der Waals surface area contributed by atoms with Gasteiger partial charge >= 0.3 is 6.09 Å². The van der Waals surface area contributed by atoms with Gasteiger partial charge in [0.25, 0.3) is 0 Å². The number of carbonyl (C=O) groups is 1. The lowest BCUT2D eigenvalue weighted by molar-refractivity contribution is -0.0422. The van der Waals surface area contributed by atoms with Crippen LogP contribution in [0.3, 0.4) is 0 Å². The first-order valence-corrected chi connectivity index (χ1v) is 15.3. The number of hydrogen-bond donors (Lipinski definition) is 3. The molecule has 5 rings (SSSR count). The van der Waals surface area contributed by atoms with Crippen molar-refractivity contribution in [2.24, 2.45) is 0 Å². The van der Waals surface area contributed by atoms with Gasteiger partial charge in [-0.15, -0.1) is 0 Å². The molecule has 2 heterocycles. The molecule has 10 nitrogen and oxygen atoms in total. The van der Waals surface area contributed by atoms with Crippen molar-refractivity contribution in [3.8, 4) is 5.75 Å². The van der Waals surface area contributed by atoms with Gasteiger partial charge in [-0.25, -0.2) is 13.2 Å². The molecule has 40 heavy (non-hydrogen) atoms. The van der Waals surface area contributed by atoms with Gasteiger partial charge in [-0.3, -0.25) is 0 Å². The summed E-state index contributed by atoms with van der Waals surface area (Å²) in [6.45, 7) is 1.84. The molecule has 0 aromatic heterocycles. The van der Waals surface area contributed by atoms with Gasteiger partial charge < -0.3 is 34.6 Å². The van der Waals surface area contributed by atoms with E-state index in [9.17, 15) is 23.4 Å². The average Bonchev–Trinajstić information content (AvgIpc) is 3.71. The minimum atomic E-state index is -3.64. The molecule has 2 aliphatic heterocycles. The van der Waals surface area contributed by atoms with E-state index in [4.69, 9.17) is 14.2 Å². The Labute approximate surface area is 235 Å². The third-order valence-electron chi connectivity index (χ3n) is 8.21.